The summed E-state index contributed by atoms with van der Waals surface area (Å²) in [7, 11) is 0. The zero-order chi connectivity index (χ0) is 13.7. The van der Waals surface area contributed by atoms with E-state index in [4.69, 9.17) is 0 Å². The molecule has 0 bridgehead atoms. The summed E-state index contributed by atoms with van der Waals surface area (Å²) in [5, 5.41) is 0. The van der Waals surface area contributed by atoms with E-state index in [0.717, 1.165) is 11.8 Å². The number of allylic oxidation sites excluding steroid dienone is 2. The van der Waals surface area contributed by atoms with Crippen molar-refractivity contribution < 1.29 is 0 Å². The SMILES string of the molecule is C=CC1CC(C)C2(CC2)C(=C)C1(C)C1CCCCC1. The highest BCUT2D eigenvalue weighted by Crippen LogP contribution is 2.70. The van der Waals surface area contributed by atoms with E-state index in [1.54, 1.807) is 5.57 Å². The van der Waals surface area contributed by atoms with Crippen molar-refractivity contribution in [3.63, 3.8) is 0 Å². The van der Waals surface area contributed by atoms with Crippen LogP contribution in [0.4, 0.5) is 0 Å². The molecular weight excluding hydrogens is 228 g/mol. The van der Waals surface area contributed by atoms with Crippen LogP contribution in [0.5, 0.6) is 0 Å². The fraction of sp³-hybridized carbons (Fsp3) is 0.789. The second-order valence-corrected chi connectivity index (χ2v) is 7.73. The molecule has 0 nitrogen and oxygen atoms in total. The molecule has 0 radical (unpaired) electrons. The number of rotatable bonds is 2. The van der Waals surface area contributed by atoms with Crippen molar-refractivity contribution >= 4 is 0 Å². The van der Waals surface area contributed by atoms with Crippen LogP contribution < -0.4 is 0 Å². The monoisotopic (exact) mass is 258 g/mol. The summed E-state index contributed by atoms with van der Waals surface area (Å²) in [6.45, 7) is 13.8. The first-order valence-corrected chi connectivity index (χ1v) is 8.38. The van der Waals surface area contributed by atoms with Crippen LogP contribution >= 0.6 is 0 Å². The molecule has 3 aliphatic rings. The van der Waals surface area contributed by atoms with Gasteiger partial charge in [-0.3, -0.25) is 0 Å². The molecule has 3 atom stereocenters. The Hall–Kier alpha value is -0.520. The molecule has 3 rings (SSSR count). The van der Waals surface area contributed by atoms with Gasteiger partial charge in [-0.1, -0.05) is 51.3 Å². The Morgan fingerprint density at radius 3 is 2.32 bits per heavy atom. The molecule has 3 aliphatic carbocycles. The van der Waals surface area contributed by atoms with Gasteiger partial charge in [-0.15, -0.1) is 6.58 Å². The van der Waals surface area contributed by atoms with Crippen molar-refractivity contribution in [2.24, 2.45) is 28.6 Å². The van der Waals surface area contributed by atoms with E-state index in [1.807, 2.05) is 0 Å². The van der Waals surface area contributed by atoms with E-state index in [1.165, 1.54) is 51.4 Å². The van der Waals surface area contributed by atoms with Gasteiger partial charge in [-0.2, -0.15) is 0 Å². The molecule has 0 aliphatic heterocycles. The van der Waals surface area contributed by atoms with Gasteiger partial charge < -0.3 is 0 Å². The van der Waals surface area contributed by atoms with Gasteiger partial charge in [0.1, 0.15) is 0 Å². The van der Waals surface area contributed by atoms with Crippen molar-refractivity contribution in [2.75, 3.05) is 0 Å². The molecule has 0 N–H and O–H groups in total. The van der Waals surface area contributed by atoms with Crippen LogP contribution in [-0.2, 0) is 0 Å². The van der Waals surface area contributed by atoms with E-state index in [9.17, 15) is 0 Å². The Balaban J connectivity index is 1.94. The lowest BCUT2D eigenvalue weighted by Gasteiger charge is -2.54. The first-order valence-electron chi connectivity index (χ1n) is 8.38. The van der Waals surface area contributed by atoms with Crippen LogP contribution in [-0.4, -0.2) is 0 Å². The molecular formula is C19H30. The van der Waals surface area contributed by atoms with Gasteiger partial charge in [0.05, 0.1) is 0 Å². The van der Waals surface area contributed by atoms with Gasteiger partial charge in [-0.05, 0) is 60.7 Å². The highest BCUT2D eigenvalue weighted by atomic mass is 14.6. The zero-order valence-corrected chi connectivity index (χ0v) is 12.9. The third kappa shape index (κ3) is 1.78. The van der Waals surface area contributed by atoms with Crippen LogP contribution in [0.2, 0.25) is 0 Å². The Kier molecular flexibility index (Phi) is 3.19. The Labute approximate surface area is 119 Å². The summed E-state index contributed by atoms with van der Waals surface area (Å²) in [4.78, 5) is 0. The van der Waals surface area contributed by atoms with Crippen molar-refractivity contribution in [1.82, 2.24) is 0 Å². The molecule has 0 aromatic heterocycles. The largest absolute Gasteiger partial charge is 0.103 e. The first kappa shape index (κ1) is 13.5. The molecule has 0 saturated heterocycles. The molecule has 0 heteroatoms. The Bertz CT molecular complexity index is 381. The lowest BCUT2D eigenvalue weighted by Crippen LogP contribution is -2.46. The van der Waals surface area contributed by atoms with E-state index in [2.05, 4.69) is 33.1 Å². The Morgan fingerprint density at radius 1 is 1.16 bits per heavy atom. The summed E-state index contributed by atoms with van der Waals surface area (Å²) in [5.41, 5.74) is 2.47. The quantitative estimate of drug-likeness (QED) is 0.553. The number of hydrogen-bond acceptors (Lipinski definition) is 0. The predicted octanol–water partition coefficient (Wildman–Crippen LogP) is 5.75. The van der Waals surface area contributed by atoms with Crippen molar-refractivity contribution in [3.8, 4) is 0 Å². The average Bonchev–Trinajstić information content (AvgIpc) is 3.24. The molecule has 3 saturated carbocycles. The summed E-state index contributed by atoms with van der Waals surface area (Å²) in [5.74, 6) is 2.34. The summed E-state index contributed by atoms with van der Waals surface area (Å²) >= 11 is 0. The Morgan fingerprint density at radius 2 is 1.79 bits per heavy atom. The second kappa shape index (κ2) is 4.50. The van der Waals surface area contributed by atoms with Gasteiger partial charge in [-0.25, -0.2) is 0 Å². The highest BCUT2D eigenvalue weighted by molar-refractivity contribution is 5.33. The molecule has 0 heterocycles. The number of hydrogen-bond donors (Lipinski definition) is 0. The topological polar surface area (TPSA) is 0 Å². The van der Waals surface area contributed by atoms with Crippen LogP contribution in [0, 0.1) is 28.6 Å². The normalized spacial score (nSPS) is 42.3. The van der Waals surface area contributed by atoms with Crippen molar-refractivity contribution in [1.29, 1.82) is 0 Å². The lowest BCUT2D eigenvalue weighted by atomic mass is 9.50. The third-order valence-corrected chi connectivity index (χ3v) is 7.10. The maximum atomic E-state index is 4.66. The maximum Gasteiger partial charge on any atom is -0.00225 e. The van der Waals surface area contributed by atoms with Crippen LogP contribution in [0.25, 0.3) is 0 Å². The molecule has 106 valence electrons. The van der Waals surface area contributed by atoms with E-state index >= 15 is 0 Å². The van der Waals surface area contributed by atoms with Gasteiger partial charge in [0.2, 0.25) is 0 Å². The standard InChI is InChI=1S/C19H30/c1-5-16-13-14(2)19(11-12-19)15(3)18(16,4)17-9-7-6-8-10-17/h5,14,16-17H,1,3,6-13H2,2,4H3. The summed E-state index contributed by atoms with van der Waals surface area (Å²) in [6, 6.07) is 0. The zero-order valence-electron chi connectivity index (χ0n) is 12.9. The summed E-state index contributed by atoms with van der Waals surface area (Å²) < 4.78 is 0. The van der Waals surface area contributed by atoms with Crippen LogP contribution in [0.3, 0.4) is 0 Å². The van der Waals surface area contributed by atoms with Gasteiger partial charge in [0, 0.05) is 0 Å². The molecule has 19 heavy (non-hydrogen) atoms. The minimum absolute atomic E-state index is 0.338. The van der Waals surface area contributed by atoms with Crippen LogP contribution in [0.1, 0.15) is 65.2 Å². The fourth-order valence-corrected chi connectivity index (χ4v) is 5.43. The minimum atomic E-state index is 0.338. The summed E-state index contributed by atoms with van der Waals surface area (Å²) in [6.07, 6.45) is 13.5. The minimum Gasteiger partial charge on any atom is -0.103 e. The molecule has 0 aromatic carbocycles. The second-order valence-electron chi connectivity index (χ2n) is 7.73. The average molecular weight is 258 g/mol. The van der Waals surface area contributed by atoms with Crippen molar-refractivity contribution in [3.05, 3.63) is 24.8 Å². The molecule has 3 unspecified atom stereocenters. The van der Waals surface area contributed by atoms with Gasteiger partial charge in [0.25, 0.3) is 0 Å². The maximum absolute atomic E-state index is 4.66. The van der Waals surface area contributed by atoms with E-state index in [0.29, 0.717) is 16.7 Å². The van der Waals surface area contributed by atoms with Gasteiger partial charge in [0.15, 0.2) is 0 Å². The first-order chi connectivity index (χ1) is 9.05. The lowest BCUT2D eigenvalue weighted by molar-refractivity contribution is 0.0514. The fourth-order valence-electron chi connectivity index (χ4n) is 5.43. The highest BCUT2D eigenvalue weighted by Gasteiger charge is 2.60. The third-order valence-electron chi connectivity index (χ3n) is 7.10. The molecule has 0 aromatic rings. The van der Waals surface area contributed by atoms with E-state index in [-0.39, 0.29) is 0 Å². The van der Waals surface area contributed by atoms with E-state index < -0.39 is 0 Å². The molecule has 1 spiro atoms. The molecule has 0 amide bonds. The van der Waals surface area contributed by atoms with Crippen molar-refractivity contribution in [2.45, 2.75) is 65.2 Å². The van der Waals surface area contributed by atoms with Gasteiger partial charge >= 0.3 is 0 Å². The molecule has 3 fully saturated rings. The van der Waals surface area contributed by atoms with Crippen LogP contribution in [0.15, 0.2) is 24.8 Å². The predicted molar refractivity (Wildman–Crippen MR) is 83.0 cm³/mol. The smallest absolute Gasteiger partial charge is 0.00225 e.